The van der Waals surface area contributed by atoms with Crippen LogP contribution >= 0.6 is 0 Å². The molecule has 0 aromatic heterocycles. The van der Waals surface area contributed by atoms with Gasteiger partial charge in [0.25, 0.3) is 0 Å². The van der Waals surface area contributed by atoms with Gasteiger partial charge in [-0.2, -0.15) is 0 Å². The van der Waals surface area contributed by atoms with E-state index in [4.69, 9.17) is 0 Å². The van der Waals surface area contributed by atoms with E-state index in [-0.39, 0.29) is 18.1 Å². The Labute approximate surface area is 77.6 Å². The molecule has 5 heteroatoms. The summed E-state index contributed by atoms with van der Waals surface area (Å²) >= 11 is 0. The van der Waals surface area contributed by atoms with Crippen molar-refractivity contribution in [3.63, 3.8) is 0 Å². The SMILES string of the molecule is CONC(=O)N1CCC(O)C(C)C1. The third-order valence-electron chi connectivity index (χ3n) is 2.34. The molecule has 2 atom stereocenters. The number of rotatable bonds is 1. The van der Waals surface area contributed by atoms with Gasteiger partial charge in [-0.25, -0.2) is 10.3 Å². The summed E-state index contributed by atoms with van der Waals surface area (Å²) in [5.41, 5.74) is 2.26. The maximum Gasteiger partial charge on any atom is 0.341 e. The maximum atomic E-state index is 11.3. The van der Waals surface area contributed by atoms with Crippen LogP contribution in [0.3, 0.4) is 0 Å². The smallest absolute Gasteiger partial charge is 0.341 e. The van der Waals surface area contributed by atoms with Crippen LogP contribution in [-0.2, 0) is 4.84 Å². The standard InChI is InChI=1S/C8H16N2O3/c1-6-5-10(4-3-7(6)11)8(12)9-13-2/h6-7,11H,3-5H2,1-2H3,(H,9,12). The van der Waals surface area contributed by atoms with Gasteiger partial charge in [-0.15, -0.1) is 0 Å². The summed E-state index contributed by atoms with van der Waals surface area (Å²) in [6, 6.07) is -0.235. The molecule has 2 N–H and O–H groups in total. The van der Waals surface area contributed by atoms with Gasteiger partial charge in [-0.1, -0.05) is 6.92 Å². The van der Waals surface area contributed by atoms with Crippen molar-refractivity contribution >= 4 is 6.03 Å². The fourth-order valence-electron chi connectivity index (χ4n) is 1.47. The second-order valence-corrected chi connectivity index (χ2v) is 3.39. The molecule has 0 bridgehead atoms. The highest BCUT2D eigenvalue weighted by Crippen LogP contribution is 2.16. The number of carbonyl (C=O) groups excluding carboxylic acids is 1. The molecule has 2 unspecified atom stereocenters. The van der Waals surface area contributed by atoms with E-state index >= 15 is 0 Å². The van der Waals surface area contributed by atoms with Crippen LogP contribution in [0.1, 0.15) is 13.3 Å². The minimum Gasteiger partial charge on any atom is -0.393 e. The van der Waals surface area contributed by atoms with E-state index in [2.05, 4.69) is 10.3 Å². The summed E-state index contributed by atoms with van der Waals surface area (Å²) in [5.74, 6) is 0.136. The zero-order valence-electron chi connectivity index (χ0n) is 7.99. The van der Waals surface area contributed by atoms with E-state index in [1.165, 1.54) is 7.11 Å². The Morgan fingerprint density at radius 2 is 2.38 bits per heavy atom. The summed E-state index contributed by atoms with van der Waals surface area (Å²) in [6.45, 7) is 3.09. The largest absolute Gasteiger partial charge is 0.393 e. The molecule has 2 amide bonds. The Bertz CT molecular complexity index is 186. The van der Waals surface area contributed by atoms with Crippen molar-refractivity contribution in [1.29, 1.82) is 0 Å². The van der Waals surface area contributed by atoms with Crippen LogP contribution < -0.4 is 5.48 Å². The van der Waals surface area contributed by atoms with Gasteiger partial charge in [-0.3, -0.25) is 4.84 Å². The average Bonchev–Trinajstić information content (AvgIpc) is 2.10. The maximum absolute atomic E-state index is 11.3. The Balaban J connectivity index is 2.40. The molecule has 1 saturated heterocycles. The molecular weight excluding hydrogens is 172 g/mol. The summed E-state index contributed by atoms with van der Waals surface area (Å²) in [7, 11) is 1.40. The highest BCUT2D eigenvalue weighted by molar-refractivity contribution is 5.73. The summed E-state index contributed by atoms with van der Waals surface area (Å²) in [4.78, 5) is 17.4. The van der Waals surface area contributed by atoms with Crippen LogP contribution in [0.15, 0.2) is 0 Å². The molecule has 1 heterocycles. The first kappa shape index (κ1) is 10.3. The number of nitrogens with one attached hydrogen (secondary N) is 1. The molecule has 13 heavy (non-hydrogen) atoms. The highest BCUT2D eigenvalue weighted by Gasteiger charge is 2.26. The lowest BCUT2D eigenvalue weighted by Gasteiger charge is -2.33. The van der Waals surface area contributed by atoms with Gasteiger partial charge in [0.15, 0.2) is 0 Å². The second-order valence-electron chi connectivity index (χ2n) is 3.39. The van der Waals surface area contributed by atoms with Gasteiger partial charge in [0.2, 0.25) is 0 Å². The highest BCUT2D eigenvalue weighted by atomic mass is 16.6. The lowest BCUT2D eigenvalue weighted by atomic mass is 9.97. The van der Waals surface area contributed by atoms with E-state index in [1.807, 2.05) is 6.92 Å². The summed E-state index contributed by atoms with van der Waals surface area (Å²) in [6.07, 6.45) is 0.352. The van der Waals surface area contributed by atoms with Gasteiger partial charge in [0.1, 0.15) is 0 Å². The van der Waals surface area contributed by atoms with E-state index in [0.717, 1.165) is 0 Å². The zero-order chi connectivity index (χ0) is 9.84. The van der Waals surface area contributed by atoms with Crippen molar-refractivity contribution in [2.75, 3.05) is 20.2 Å². The lowest BCUT2D eigenvalue weighted by molar-refractivity contribution is 0.0319. The predicted molar refractivity (Wildman–Crippen MR) is 46.9 cm³/mol. The number of hydrogen-bond donors (Lipinski definition) is 2. The topological polar surface area (TPSA) is 61.8 Å². The first-order chi connectivity index (χ1) is 6.15. The molecule has 0 aromatic rings. The van der Waals surface area contributed by atoms with Crippen LogP contribution in [0.5, 0.6) is 0 Å². The number of hydroxylamine groups is 1. The molecular formula is C8H16N2O3. The lowest BCUT2D eigenvalue weighted by Crippen LogP contribution is -2.48. The number of piperidine rings is 1. The first-order valence-electron chi connectivity index (χ1n) is 4.41. The summed E-state index contributed by atoms with van der Waals surface area (Å²) < 4.78 is 0. The Morgan fingerprint density at radius 1 is 1.69 bits per heavy atom. The Morgan fingerprint density at radius 3 is 2.92 bits per heavy atom. The third-order valence-corrected chi connectivity index (χ3v) is 2.34. The molecule has 1 rings (SSSR count). The zero-order valence-corrected chi connectivity index (χ0v) is 7.99. The number of aliphatic hydroxyl groups excluding tert-OH is 1. The second kappa shape index (κ2) is 4.43. The number of carbonyl (C=O) groups is 1. The molecule has 1 fully saturated rings. The van der Waals surface area contributed by atoms with Gasteiger partial charge in [0.05, 0.1) is 13.2 Å². The van der Waals surface area contributed by atoms with Crippen LogP contribution in [0, 0.1) is 5.92 Å². The minimum atomic E-state index is -0.286. The number of aliphatic hydroxyl groups is 1. The monoisotopic (exact) mass is 188 g/mol. The van der Waals surface area contributed by atoms with E-state index in [0.29, 0.717) is 19.5 Å². The first-order valence-corrected chi connectivity index (χ1v) is 4.41. The van der Waals surface area contributed by atoms with Crippen molar-refractivity contribution in [3.05, 3.63) is 0 Å². The van der Waals surface area contributed by atoms with Crippen LogP contribution in [-0.4, -0.2) is 42.3 Å². The average molecular weight is 188 g/mol. The number of nitrogens with zero attached hydrogens (tertiary/aromatic N) is 1. The van der Waals surface area contributed by atoms with Crippen molar-refractivity contribution in [2.45, 2.75) is 19.4 Å². The number of likely N-dealkylation sites (tertiary alicyclic amines) is 1. The van der Waals surface area contributed by atoms with Crippen molar-refractivity contribution in [1.82, 2.24) is 10.4 Å². The predicted octanol–water partition coefficient (Wildman–Crippen LogP) is -0.0399. The van der Waals surface area contributed by atoms with Crippen LogP contribution in [0.2, 0.25) is 0 Å². The van der Waals surface area contributed by atoms with E-state index in [9.17, 15) is 9.90 Å². The van der Waals surface area contributed by atoms with Crippen LogP contribution in [0.25, 0.3) is 0 Å². The van der Waals surface area contributed by atoms with Crippen molar-refractivity contribution in [2.24, 2.45) is 5.92 Å². The number of amides is 2. The quantitative estimate of drug-likeness (QED) is 0.568. The molecule has 1 aliphatic rings. The molecule has 0 saturated carbocycles. The fraction of sp³-hybridized carbons (Fsp3) is 0.875. The van der Waals surface area contributed by atoms with Crippen molar-refractivity contribution < 1.29 is 14.7 Å². The fourth-order valence-corrected chi connectivity index (χ4v) is 1.47. The Hall–Kier alpha value is -0.810. The molecule has 0 aliphatic carbocycles. The molecule has 0 radical (unpaired) electrons. The van der Waals surface area contributed by atoms with E-state index in [1.54, 1.807) is 4.90 Å². The number of urea groups is 1. The van der Waals surface area contributed by atoms with Crippen LogP contribution in [0.4, 0.5) is 4.79 Å². The minimum absolute atomic E-state index is 0.136. The molecule has 1 aliphatic heterocycles. The molecule has 0 spiro atoms. The Kier molecular flexibility index (Phi) is 3.50. The third kappa shape index (κ3) is 2.57. The number of hydrogen-bond acceptors (Lipinski definition) is 3. The van der Waals surface area contributed by atoms with Gasteiger partial charge in [-0.05, 0) is 12.3 Å². The molecule has 0 aromatic carbocycles. The van der Waals surface area contributed by atoms with Crippen molar-refractivity contribution in [3.8, 4) is 0 Å². The molecule has 76 valence electrons. The van der Waals surface area contributed by atoms with E-state index < -0.39 is 0 Å². The molecule has 5 nitrogen and oxygen atoms in total. The van der Waals surface area contributed by atoms with Gasteiger partial charge >= 0.3 is 6.03 Å². The van der Waals surface area contributed by atoms with Gasteiger partial charge in [0, 0.05) is 13.1 Å². The van der Waals surface area contributed by atoms with Gasteiger partial charge < -0.3 is 10.0 Å². The normalized spacial score (nSPS) is 28.7. The summed E-state index contributed by atoms with van der Waals surface area (Å²) in [5, 5.41) is 9.42.